The number of piperidine rings is 1. The van der Waals surface area contributed by atoms with E-state index in [0.29, 0.717) is 5.75 Å². The number of aromatic amines is 1. The lowest BCUT2D eigenvalue weighted by Gasteiger charge is -2.31. The molecule has 0 saturated carbocycles. The van der Waals surface area contributed by atoms with Crippen LogP contribution in [0.3, 0.4) is 0 Å². The van der Waals surface area contributed by atoms with Gasteiger partial charge in [0.25, 0.3) is 0 Å². The molecule has 0 bridgehead atoms. The molecule has 1 aliphatic heterocycles. The molecule has 27 heavy (non-hydrogen) atoms. The summed E-state index contributed by atoms with van der Waals surface area (Å²) in [5, 5.41) is 7.62. The maximum atomic E-state index is 12.2. The maximum Gasteiger partial charge on any atom is 0.573 e. The summed E-state index contributed by atoms with van der Waals surface area (Å²) in [4.78, 5) is 2.38. The number of hydrogen-bond donors (Lipinski definition) is 1. The van der Waals surface area contributed by atoms with E-state index < -0.39 is 6.36 Å². The predicted molar refractivity (Wildman–Crippen MR) is 92.7 cm³/mol. The summed E-state index contributed by atoms with van der Waals surface area (Å²) < 4.78 is 46.4. The van der Waals surface area contributed by atoms with E-state index in [1.165, 1.54) is 47.6 Å². The van der Waals surface area contributed by atoms with E-state index in [-0.39, 0.29) is 11.9 Å². The molecule has 1 aliphatic carbocycles. The first kappa shape index (κ1) is 18.2. The van der Waals surface area contributed by atoms with Crippen LogP contribution in [0, 0.1) is 0 Å². The molecule has 1 aromatic carbocycles. The van der Waals surface area contributed by atoms with Crippen LogP contribution < -0.4 is 9.47 Å². The van der Waals surface area contributed by atoms with Crippen LogP contribution in [0.5, 0.6) is 11.5 Å². The van der Waals surface area contributed by atoms with Crippen LogP contribution in [-0.2, 0) is 19.4 Å². The molecule has 146 valence electrons. The van der Waals surface area contributed by atoms with Crippen LogP contribution in [0.15, 0.2) is 24.3 Å². The van der Waals surface area contributed by atoms with Gasteiger partial charge in [0.2, 0.25) is 0 Å². The lowest BCUT2D eigenvalue weighted by Crippen LogP contribution is -2.38. The highest BCUT2D eigenvalue weighted by molar-refractivity contribution is 5.31. The molecule has 0 amide bonds. The fourth-order valence-corrected chi connectivity index (χ4v) is 3.83. The number of aryl methyl sites for hydroxylation is 1. The Labute approximate surface area is 155 Å². The van der Waals surface area contributed by atoms with Gasteiger partial charge in [0.15, 0.2) is 0 Å². The normalized spacial score (nSPS) is 18.5. The molecule has 1 fully saturated rings. The van der Waals surface area contributed by atoms with Crippen LogP contribution in [0.1, 0.15) is 36.2 Å². The zero-order valence-corrected chi connectivity index (χ0v) is 14.9. The van der Waals surface area contributed by atoms with E-state index in [1.807, 2.05) is 0 Å². The first-order valence-electron chi connectivity index (χ1n) is 9.26. The molecular weight excluding hydrogens is 359 g/mol. The van der Waals surface area contributed by atoms with Gasteiger partial charge in [-0.05, 0) is 61.9 Å². The molecule has 5 nitrogen and oxygen atoms in total. The summed E-state index contributed by atoms with van der Waals surface area (Å²) in [6, 6.07) is 5.58. The smallest absolute Gasteiger partial charge is 0.490 e. The van der Waals surface area contributed by atoms with Gasteiger partial charge in [0, 0.05) is 25.3 Å². The number of fused-ring (bicyclic) bond motifs is 1. The molecule has 2 aliphatic rings. The number of likely N-dealkylation sites (tertiary alicyclic amines) is 1. The number of nitrogens with zero attached hydrogens (tertiary/aromatic N) is 2. The highest BCUT2D eigenvalue weighted by atomic mass is 19.4. The number of ether oxygens (including phenoxy) is 2. The van der Waals surface area contributed by atoms with Gasteiger partial charge in [0.1, 0.15) is 17.6 Å². The average molecular weight is 381 g/mol. The molecule has 0 spiro atoms. The molecule has 1 aromatic heterocycles. The van der Waals surface area contributed by atoms with Crippen molar-refractivity contribution in [3.63, 3.8) is 0 Å². The number of halogens is 3. The Morgan fingerprint density at radius 3 is 2.48 bits per heavy atom. The van der Waals surface area contributed by atoms with Crippen molar-refractivity contribution in [2.75, 3.05) is 13.1 Å². The molecule has 2 aromatic rings. The van der Waals surface area contributed by atoms with Gasteiger partial charge in [-0.3, -0.25) is 10.00 Å². The topological polar surface area (TPSA) is 50.4 Å². The number of rotatable bonds is 5. The van der Waals surface area contributed by atoms with Crippen LogP contribution in [0.25, 0.3) is 0 Å². The molecule has 0 radical (unpaired) electrons. The van der Waals surface area contributed by atoms with Gasteiger partial charge in [-0.15, -0.1) is 13.2 Å². The third-order valence-electron chi connectivity index (χ3n) is 5.16. The minimum atomic E-state index is -4.68. The van der Waals surface area contributed by atoms with Gasteiger partial charge < -0.3 is 9.47 Å². The predicted octanol–water partition coefficient (Wildman–Crippen LogP) is 3.84. The first-order valence-corrected chi connectivity index (χ1v) is 9.26. The van der Waals surface area contributed by atoms with Crippen LogP contribution in [-0.4, -0.2) is 40.7 Å². The number of hydrogen-bond acceptors (Lipinski definition) is 4. The molecule has 0 atom stereocenters. The Kier molecular flexibility index (Phi) is 4.99. The first-order chi connectivity index (χ1) is 13.0. The lowest BCUT2D eigenvalue weighted by atomic mass is 10.1. The van der Waals surface area contributed by atoms with Crippen LogP contribution in [0.4, 0.5) is 13.2 Å². The lowest BCUT2D eigenvalue weighted by molar-refractivity contribution is -0.274. The third kappa shape index (κ3) is 4.55. The quantitative estimate of drug-likeness (QED) is 0.855. The van der Waals surface area contributed by atoms with Gasteiger partial charge in [-0.1, -0.05) is 0 Å². The number of aromatic nitrogens is 2. The molecule has 4 rings (SSSR count). The SMILES string of the molecule is FC(F)(F)Oc1ccc(OC2CCN(Cc3n[nH]c4c3CCC4)CC2)cc1. The highest BCUT2D eigenvalue weighted by Crippen LogP contribution is 2.27. The standard InChI is InChI=1S/C19H22F3N3O2/c20-19(21,22)27-15-6-4-13(5-7-15)26-14-8-10-25(11-9-14)12-18-16-2-1-3-17(16)23-24-18/h4-7,14H,1-3,8-12H2,(H,23,24). The molecule has 8 heteroatoms. The molecular formula is C19H22F3N3O2. The van der Waals surface area contributed by atoms with Crippen molar-refractivity contribution in [2.45, 2.75) is 51.1 Å². The van der Waals surface area contributed by atoms with E-state index in [2.05, 4.69) is 19.8 Å². The van der Waals surface area contributed by atoms with Crippen LogP contribution in [0.2, 0.25) is 0 Å². The van der Waals surface area contributed by atoms with Gasteiger partial charge in [-0.2, -0.15) is 5.10 Å². The van der Waals surface area contributed by atoms with Crippen molar-refractivity contribution in [3.05, 3.63) is 41.2 Å². The van der Waals surface area contributed by atoms with Crippen molar-refractivity contribution in [3.8, 4) is 11.5 Å². The number of benzene rings is 1. The average Bonchev–Trinajstić information content (AvgIpc) is 3.22. The Morgan fingerprint density at radius 2 is 1.78 bits per heavy atom. The minimum absolute atomic E-state index is 0.0699. The summed E-state index contributed by atoms with van der Waals surface area (Å²) >= 11 is 0. The Balaban J connectivity index is 1.25. The van der Waals surface area contributed by atoms with Crippen LogP contribution >= 0.6 is 0 Å². The number of nitrogens with one attached hydrogen (secondary N) is 1. The molecule has 0 unspecified atom stereocenters. The zero-order chi connectivity index (χ0) is 18.9. The second-order valence-corrected chi connectivity index (χ2v) is 7.09. The Morgan fingerprint density at radius 1 is 1.07 bits per heavy atom. The summed E-state index contributed by atoms with van der Waals surface area (Å²) in [6.45, 7) is 2.70. The van der Waals surface area contributed by atoms with Crippen molar-refractivity contribution in [1.29, 1.82) is 0 Å². The van der Waals surface area contributed by atoms with Gasteiger partial charge in [-0.25, -0.2) is 0 Å². The van der Waals surface area contributed by atoms with Crippen molar-refractivity contribution < 1.29 is 22.6 Å². The number of alkyl halides is 3. The summed E-state index contributed by atoms with van der Waals surface area (Å²) in [5.74, 6) is 0.323. The van der Waals surface area contributed by atoms with Crippen molar-refractivity contribution in [1.82, 2.24) is 15.1 Å². The maximum absolute atomic E-state index is 12.2. The summed E-state index contributed by atoms with van der Waals surface area (Å²) in [5.41, 5.74) is 3.86. The Bertz CT molecular complexity index is 765. The second kappa shape index (κ2) is 7.42. The molecule has 1 saturated heterocycles. The summed E-state index contributed by atoms with van der Waals surface area (Å²) in [6.07, 6.45) is 0.588. The number of H-pyrrole nitrogens is 1. The summed E-state index contributed by atoms with van der Waals surface area (Å²) in [7, 11) is 0. The highest BCUT2D eigenvalue weighted by Gasteiger charge is 2.31. The van der Waals surface area contributed by atoms with Crippen molar-refractivity contribution >= 4 is 0 Å². The second-order valence-electron chi connectivity index (χ2n) is 7.09. The third-order valence-corrected chi connectivity index (χ3v) is 5.16. The van der Waals surface area contributed by atoms with Gasteiger partial charge >= 0.3 is 6.36 Å². The van der Waals surface area contributed by atoms with E-state index in [4.69, 9.17) is 4.74 Å². The van der Waals surface area contributed by atoms with E-state index in [9.17, 15) is 13.2 Å². The fraction of sp³-hybridized carbons (Fsp3) is 0.526. The van der Waals surface area contributed by atoms with E-state index in [1.54, 1.807) is 0 Å². The fourth-order valence-electron chi connectivity index (χ4n) is 3.83. The van der Waals surface area contributed by atoms with E-state index >= 15 is 0 Å². The van der Waals surface area contributed by atoms with E-state index in [0.717, 1.165) is 45.3 Å². The molecule has 1 N–H and O–H groups in total. The largest absolute Gasteiger partial charge is 0.573 e. The Hall–Kier alpha value is -2.22. The molecule has 2 heterocycles. The van der Waals surface area contributed by atoms with Gasteiger partial charge in [0.05, 0.1) is 5.69 Å². The monoisotopic (exact) mass is 381 g/mol. The zero-order valence-electron chi connectivity index (χ0n) is 14.9. The minimum Gasteiger partial charge on any atom is -0.490 e. The van der Waals surface area contributed by atoms with Crippen molar-refractivity contribution in [2.24, 2.45) is 0 Å².